The zero-order valence-electron chi connectivity index (χ0n) is 9.66. The molecule has 1 unspecified atom stereocenters. The highest BCUT2D eigenvalue weighted by molar-refractivity contribution is 9.10. The Morgan fingerprint density at radius 1 is 1.69 bits per heavy atom. The molecule has 0 aliphatic rings. The van der Waals surface area contributed by atoms with Gasteiger partial charge < -0.3 is 10.5 Å². The Morgan fingerprint density at radius 3 is 2.81 bits per heavy atom. The Balaban J connectivity index is 2.91. The molecule has 1 heterocycles. The van der Waals surface area contributed by atoms with E-state index in [4.69, 9.17) is 5.73 Å². The molecule has 0 aromatic carbocycles. The van der Waals surface area contributed by atoms with Crippen LogP contribution in [0.25, 0.3) is 0 Å². The van der Waals surface area contributed by atoms with Crippen molar-refractivity contribution in [3.8, 4) is 0 Å². The Labute approximate surface area is 103 Å². The molecular formula is C10H16BrN3O2. The molecule has 90 valence electrons. The zero-order chi connectivity index (χ0) is 12.3. The highest BCUT2D eigenvalue weighted by atomic mass is 79.9. The highest BCUT2D eigenvalue weighted by Crippen LogP contribution is 2.22. The maximum atomic E-state index is 11.2. The number of carbonyl (C=O) groups is 1. The van der Waals surface area contributed by atoms with E-state index in [-0.39, 0.29) is 0 Å². The van der Waals surface area contributed by atoms with Gasteiger partial charge in [0, 0.05) is 13.0 Å². The minimum Gasteiger partial charge on any atom is -0.468 e. The number of ether oxygens (including phenoxy) is 1. The summed E-state index contributed by atoms with van der Waals surface area (Å²) in [5.41, 5.74) is 7.55. The van der Waals surface area contributed by atoms with Crippen molar-refractivity contribution < 1.29 is 9.53 Å². The molecule has 2 N–H and O–H groups in total. The van der Waals surface area contributed by atoms with Crippen molar-refractivity contribution >= 4 is 21.9 Å². The predicted molar refractivity (Wildman–Crippen MR) is 64.0 cm³/mol. The lowest BCUT2D eigenvalue weighted by Gasteiger charge is -2.10. The third-order valence-corrected chi connectivity index (χ3v) is 3.40. The van der Waals surface area contributed by atoms with Gasteiger partial charge in [0.15, 0.2) is 0 Å². The van der Waals surface area contributed by atoms with Crippen molar-refractivity contribution in [2.24, 2.45) is 5.73 Å². The maximum Gasteiger partial charge on any atom is 0.323 e. The van der Waals surface area contributed by atoms with Crippen molar-refractivity contribution in [2.45, 2.75) is 32.9 Å². The average Bonchev–Trinajstić information content (AvgIpc) is 2.55. The highest BCUT2D eigenvalue weighted by Gasteiger charge is 2.20. The van der Waals surface area contributed by atoms with E-state index in [1.165, 1.54) is 7.11 Å². The van der Waals surface area contributed by atoms with Crippen LogP contribution in [0.5, 0.6) is 0 Å². The number of esters is 1. The number of nitrogens with zero attached hydrogens (tertiary/aromatic N) is 2. The standard InChI is InChI=1S/C10H16BrN3O2/c1-4-14-8(9(11)6(2)13-14)5-7(12)10(15)16-3/h7H,4-5,12H2,1-3H3. The molecule has 0 aliphatic carbocycles. The van der Waals surface area contributed by atoms with Crippen LogP contribution >= 0.6 is 15.9 Å². The van der Waals surface area contributed by atoms with Gasteiger partial charge in [-0.15, -0.1) is 0 Å². The summed E-state index contributed by atoms with van der Waals surface area (Å²) in [4.78, 5) is 11.2. The summed E-state index contributed by atoms with van der Waals surface area (Å²) < 4.78 is 7.34. The molecule has 0 saturated heterocycles. The minimum atomic E-state index is -0.650. The van der Waals surface area contributed by atoms with Crippen molar-refractivity contribution in [3.05, 3.63) is 15.9 Å². The number of methoxy groups -OCH3 is 1. The van der Waals surface area contributed by atoms with E-state index in [1.807, 2.05) is 18.5 Å². The van der Waals surface area contributed by atoms with Crippen LogP contribution in [0.15, 0.2) is 4.47 Å². The van der Waals surface area contributed by atoms with Crippen molar-refractivity contribution in [1.82, 2.24) is 9.78 Å². The minimum absolute atomic E-state index is 0.409. The molecule has 6 heteroatoms. The largest absolute Gasteiger partial charge is 0.468 e. The van der Waals surface area contributed by atoms with Gasteiger partial charge in [-0.25, -0.2) is 0 Å². The van der Waals surface area contributed by atoms with E-state index in [0.717, 1.165) is 22.4 Å². The van der Waals surface area contributed by atoms with Crippen LogP contribution in [0, 0.1) is 6.92 Å². The Kier molecular flexibility index (Phi) is 4.49. The second-order valence-corrected chi connectivity index (χ2v) is 4.29. The van der Waals surface area contributed by atoms with Crippen LogP contribution in [0.2, 0.25) is 0 Å². The van der Waals surface area contributed by atoms with Crippen molar-refractivity contribution in [1.29, 1.82) is 0 Å². The van der Waals surface area contributed by atoms with Gasteiger partial charge in [-0.05, 0) is 29.8 Å². The quantitative estimate of drug-likeness (QED) is 0.840. The summed E-state index contributed by atoms with van der Waals surface area (Å²) in [5.74, 6) is -0.409. The van der Waals surface area contributed by atoms with Gasteiger partial charge in [-0.1, -0.05) is 0 Å². The van der Waals surface area contributed by atoms with Gasteiger partial charge in [0.1, 0.15) is 6.04 Å². The lowest BCUT2D eigenvalue weighted by molar-refractivity contribution is -0.142. The first-order valence-corrected chi connectivity index (χ1v) is 5.85. The average molecular weight is 290 g/mol. The first kappa shape index (κ1) is 13.2. The van der Waals surface area contributed by atoms with E-state index >= 15 is 0 Å². The molecule has 0 saturated carbocycles. The number of aryl methyl sites for hydroxylation is 2. The molecule has 0 amide bonds. The number of halogens is 1. The van der Waals surface area contributed by atoms with E-state index in [2.05, 4.69) is 25.8 Å². The van der Waals surface area contributed by atoms with E-state index in [1.54, 1.807) is 0 Å². The molecule has 0 aliphatic heterocycles. The SMILES string of the molecule is CCn1nc(C)c(Br)c1CC(N)C(=O)OC. The summed E-state index contributed by atoms with van der Waals surface area (Å²) in [6, 6.07) is -0.650. The molecule has 1 rings (SSSR count). The molecule has 1 aromatic rings. The van der Waals surface area contributed by atoms with Crippen LogP contribution in [0.3, 0.4) is 0 Å². The predicted octanol–water partition coefficient (Wildman–Crippen LogP) is 1.02. The van der Waals surface area contributed by atoms with Crippen LogP contribution in [-0.4, -0.2) is 28.9 Å². The number of nitrogens with two attached hydrogens (primary N) is 1. The van der Waals surface area contributed by atoms with E-state index in [9.17, 15) is 4.79 Å². The van der Waals surface area contributed by atoms with E-state index in [0.29, 0.717) is 6.42 Å². The monoisotopic (exact) mass is 289 g/mol. The summed E-state index contributed by atoms with van der Waals surface area (Å²) in [7, 11) is 1.33. The van der Waals surface area contributed by atoms with E-state index < -0.39 is 12.0 Å². The normalized spacial score (nSPS) is 12.6. The fraction of sp³-hybridized carbons (Fsp3) is 0.600. The summed E-state index contributed by atoms with van der Waals surface area (Å²) in [6.45, 7) is 4.64. The number of hydrogen-bond donors (Lipinski definition) is 1. The maximum absolute atomic E-state index is 11.2. The third kappa shape index (κ3) is 2.62. The summed E-state index contributed by atoms with van der Waals surface area (Å²) in [6.07, 6.45) is 0.419. The van der Waals surface area contributed by atoms with Crippen molar-refractivity contribution in [2.75, 3.05) is 7.11 Å². The fourth-order valence-electron chi connectivity index (χ4n) is 1.51. The van der Waals surface area contributed by atoms with Crippen LogP contribution in [0.4, 0.5) is 0 Å². The number of carbonyl (C=O) groups excluding carboxylic acids is 1. The molecule has 0 spiro atoms. The molecule has 1 atom stereocenters. The number of hydrogen-bond acceptors (Lipinski definition) is 4. The number of aromatic nitrogens is 2. The van der Waals surface area contributed by atoms with Gasteiger partial charge in [-0.2, -0.15) is 5.10 Å². The molecule has 16 heavy (non-hydrogen) atoms. The second kappa shape index (κ2) is 5.45. The van der Waals surface area contributed by atoms with Crippen molar-refractivity contribution in [3.63, 3.8) is 0 Å². The smallest absolute Gasteiger partial charge is 0.323 e. The van der Waals surface area contributed by atoms with Crippen LogP contribution in [0.1, 0.15) is 18.3 Å². The molecule has 0 bridgehead atoms. The number of rotatable bonds is 4. The van der Waals surface area contributed by atoms with Gasteiger partial charge >= 0.3 is 5.97 Å². The second-order valence-electron chi connectivity index (χ2n) is 3.50. The van der Waals surface area contributed by atoms with Gasteiger partial charge in [0.05, 0.1) is 23.0 Å². The fourth-order valence-corrected chi connectivity index (χ4v) is 1.95. The zero-order valence-corrected chi connectivity index (χ0v) is 11.2. The Bertz CT molecular complexity index is 390. The Morgan fingerprint density at radius 2 is 2.31 bits per heavy atom. The summed E-state index contributed by atoms with van der Waals surface area (Å²) in [5, 5.41) is 4.33. The lowest BCUT2D eigenvalue weighted by Crippen LogP contribution is -2.34. The lowest BCUT2D eigenvalue weighted by atomic mass is 10.1. The summed E-state index contributed by atoms with van der Waals surface area (Å²) >= 11 is 3.45. The third-order valence-electron chi connectivity index (χ3n) is 2.37. The molecule has 0 radical (unpaired) electrons. The van der Waals surface area contributed by atoms with Gasteiger partial charge in [0.2, 0.25) is 0 Å². The Hall–Kier alpha value is -0.880. The molecule has 1 aromatic heterocycles. The topological polar surface area (TPSA) is 70.1 Å². The first-order chi connectivity index (χ1) is 7.51. The molecule has 0 fully saturated rings. The van der Waals surface area contributed by atoms with Gasteiger partial charge in [-0.3, -0.25) is 9.48 Å². The van der Waals surface area contributed by atoms with Crippen LogP contribution in [-0.2, 0) is 22.5 Å². The van der Waals surface area contributed by atoms with Crippen LogP contribution < -0.4 is 5.73 Å². The van der Waals surface area contributed by atoms with Gasteiger partial charge in [0.25, 0.3) is 0 Å². The molecule has 5 nitrogen and oxygen atoms in total. The first-order valence-electron chi connectivity index (χ1n) is 5.06. The molecular weight excluding hydrogens is 274 g/mol.